The molecule has 1 aromatic rings. The van der Waals surface area contributed by atoms with E-state index in [1.54, 1.807) is 33.1 Å². The molecule has 0 fully saturated rings. The molecule has 1 atom stereocenters. The molecule has 1 N–H and O–H groups in total. The molecular formula is C20H23NO5. The number of carbonyl (C=O) groups excluding carboxylic acids is 2. The fourth-order valence-electron chi connectivity index (χ4n) is 3.28. The van der Waals surface area contributed by atoms with Crippen LogP contribution in [0.3, 0.4) is 0 Å². The van der Waals surface area contributed by atoms with E-state index in [4.69, 9.17) is 14.2 Å². The van der Waals surface area contributed by atoms with E-state index < -0.39 is 11.6 Å². The highest BCUT2D eigenvalue weighted by molar-refractivity contribution is 5.99. The van der Waals surface area contributed by atoms with Crippen molar-refractivity contribution in [3.8, 4) is 11.5 Å². The van der Waals surface area contributed by atoms with Crippen molar-refractivity contribution in [2.45, 2.75) is 38.7 Å². The fourth-order valence-corrected chi connectivity index (χ4v) is 3.28. The predicted molar refractivity (Wildman–Crippen MR) is 96.0 cm³/mol. The van der Waals surface area contributed by atoms with E-state index in [-0.39, 0.29) is 18.2 Å². The molecule has 138 valence electrons. The van der Waals surface area contributed by atoms with Crippen molar-refractivity contribution >= 4 is 11.9 Å². The van der Waals surface area contributed by atoms with E-state index in [1.165, 1.54) is 0 Å². The zero-order valence-electron chi connectivity index (χ0n) is 15.5. The lowest BCUT2D eigenvalue weighted by atomic mass is 9.82. The molecule has 6 nitrogen and oxygen atoms in total. The second kappa shape index (κ2) is 6.52. The van der Waals surface area contributed by atoms with Crippen LogP contribution in [0.1, 0.15) is 38.7 Å². The molecule has 0 aliphatic carbocycles. The van der Waals surface area contributed by atoms with Crippen molar-refractivity contribution in [1.29, 1.82) is 0 Å². The van der Waals surface area contributed by atoms with Gasteiger partial charge in [0.15, 0.2) is 11.5 Å². The van der Waals surface area contributed by atoms with E-state index in [0.29, 0.717) is 29.4 Å². The first-order chi connectivity index (χ1) is 12.2. The van der Waals surface area contributed by atoms with Crippen molar-refractivity contribution in [1.82, 2.24) is 5.32 Å². The Hall–Kier alpha value is -2.76. The summed E-state index contributed by atoms with van der Waals surface area (Å²) in [5.41, 5.74) is 1.92. The topological polar surface area (TPSA) is 73.9 Å². The van der Waals surface area contributed by atoms with E-state index >= 15 is 0 Å². The highest BCUT2D eigenvalue weighted by Gasteiger charge is 2.47. The van der Waals surface area contributed by atoms with Crippen molar-refractivity contribution in [3.63, 3.8) is 0 Å². The predicted octanol–water partition coefficient (Wildman–Crippen LogP) is 2.84. The lowest BCUT2D eigenvalue weighted by Crippen LogP contribution is -2.38. The van der Waals surface area contributed by atoms with Crippen LogP contribution in [0.4, 0.5) is 0 Å². The molecule has 0 aromatic heterocycles. The highest BCUT2D eigenvalue weighted by Crippen LogP contribution is 2.44. The number of benzene rings is 1. The SMILES string of the molecule is C=C(C)COc1ccc([C@@H]2CC(=O)NC3=C2C(=O)OC3(C)C)cc1OC. The van der Waals surface area contributed by atoms with Crippen LogP contribution < -0.4 is 14.8 Å². The molecule has 2 heterocycles. The number of nitrogens with one attached hydrogen (secondary N) is 1. The summed E-state index contributed by atoms with van der Waals surface area (Å²) in [6.07, 6.45) is 0.180. The number of carbonyl (C=O) groups is 2. The number of amides is 1. The smallest absolute Gasteiger partial charge is 0.337 e. The van der Waals surface area contributed by atoms with Gasteiger partial charge < -0.3 is 19.5 Å². The minimum Gasteiger partial charge on any atom is -0.493 e. The molecule has 3 rings (SSSR count). The van der Waals surface area contributed by atoms with Gasteiger partial charge in [0.2, 0.25) is 5.91 Å². The molecule has 1 amide bonds. The van der Waals surface area contributed by atoms with Gasteiger partial charge in [-0.15, -0.1) is 0 Å². The molecule has 0 radical (unpaired) electrons. The number of hydrogen-bond acceptors (Lipinski definition) is 5. The number of methoxy groups -OCH3 is 1. The maximum absolute atomic E-state index is 12.4. The monoisotopic (exact) mass is 357 g/mol. The first-order valence-electron chi connectivity index (χ1n) is 8.46. The first kappa shape index (κ1) is 18.0. The number of hydrogen-bond donors (Lipinski definition) is 1. The van der Waals surface area contributed by atoms with Gasteiger partial charge in [0.1, 0.15) is 12.2 Å². The van der Waals surface area contributed by atoms with Crippen LogP contribution in [0.2, 0.25) is 0 Å². The number of ether oxygens (including phenoxy) is 3. The fraction of sp³-hybridized carbons (Fsp3) is 0.400. The van der Waals surface area contributed by atoms with Gasteiger partial charge in [-0.1, -0.05) is 12.6 Å². The molecular weight excluding hydrogens is 334 g/mol. The van der Waals surface area contributed by atoms with Gasteiger partial charge in [-0.25, -0.2) is 4.79 Å². The van der Waals surface area contributed by atoms with Crippen LogP contribution in [0.25, 0.3) is 0 Å². The number of esters is 1. The number of rotatable bonds is 5. The average molecular weight is 357 g/mol. The largest absolute Gasteiger partial charge is 0.493 e. The molecule has 0 bridgehead atoms. The maximum atomic E-state index is 12.4. The summed E-state index contributed by atoms with van der Waals surface area (Å²) in [4.78, 5) is 24.6. The van der Waals surface area contributed by atoms with Gasteiger partial charge in [0, 0.05) is 12.3 Å². The summed E-state index contributed by atoms with van der Waals surface area (Å²) < 4.78 is 16.6. The minimum absolute atomic E-state index is 0.137. The Labute approximate surface area is 152 Å². The minimum atomic E-state index is -0.838. The van der Waals surface area contributed by atoms with E-state index in [9.17, 15) is 9.59 Å². The summed E-state index contributed by atoms with van der Waals surface area (Å²) >= 11 is 0. The molecule has 6 heteroatoms. The molecule has 0 unspecified atom stereocenters. The standard InChI is InChI=1S/C20H23NO5/c1-11(2)10-25-14-7-6-12(8-15(14)24-5)13-9-16(22)21-18-17(13)19(23)26-20(18,3)4/h6-8,13H,1,9-10H2,2-5H3,(H,21,22)/t13-/m0/s1. The highest BCUT2D eigenvalue weighted by atomic mass is 16.6. The second-order valence-corrected chi connectivity index (χ2v) is 7.15. The van der Waals surface area contributed by atoms with Crippen molar-refractivity contribution in [2.75, 3.05) is 13.7 Å². The third kappa shape index (κ3) is 3.19. The normalized spacial score (nSPS) is 21.0. The van der Waals surface area contributed by atoms with Gasteiger partial charge in [0.25, 0.3) is 0 Å². The summed E-state index contributed by atoms with van der Waals surface area (Å²) in [5, 5.41) is 2.80. The summed E-state index contributed by atoms with van der Waals surface area (Å²) in [6.45, 7) is 9.62. The van der Waals surface area contributed by atoms with E-state index in [1.807, 2.05) is 13.0 Å². The second-order valence-electron chi connectivity index (χ2n) is 7.15. The Balaban J connectivity index is 2.00. The van der Waals surface area contributed by atoms with E-state index in [2.05, 4.69) is 11.9 Å². The van der Waals surface area contributed by atoms with Crippen molar-refractivity contribution in [3.05, 3.63) is 47.2 Å². The summed E-state index contributed by atoms with van der Waals surface area (Å²) in [5.74, 6) is 0.223. The number of cyclic esters (lactones) is 1. The maximum Gasteiger partial charge on any atom is 0.337 e. The van der Waals surface area contributed by atoms with Crippen LogP contribution in [-0.4, -0.2) is 31.2 Å². The zero-order valence-corrected chi connectivity index (χ0v) is 15.5. The summed E-state index contributed by atoms with van der Waals surface area (Å²) in [6, 6.07) is 5.44. The summed E-state index contributed by atoms with van der Waals surface area (Å²) in [7, 11) is 1.55. The molecule has 0 saturated heterocycles. The third-order valence-corrected chi connectivity index (χ3v) is 4.51. The lowest BCUT2D eigenvalue weighted by Gasteiger charge is -2.27. The van der Waals surface area contributed by atoms with Gasteiger partial charge >= 0.3 is 5.97 Å². The van der Waals surface area contributed by atoms with E-state index in [0.717, 1.165) is 11.1 Å². The van der Waals surface area contributed by atoms with Gasteiger partial charge in [0.05, 0.1) is 18.4 Å². The Morgan fingerprint density at radius 3 is 2.73 bits per heavy atom. The third-order valence-electron chi connectivity index (χ3n) is 4.51. The molecule has 2 aliphatic rings. The molecule has 1 aromatic carbocycles. The van der Waals surface area contributed by atoms with Crippen LogP contribution in [0.5, 0.6) is 11.5 Å². The van der Waals surface area contributed by atoms with Crippen LogP contribution in [0, 0.1) is 0 Å². The molecule has 26 heavy (non-hydrogen) atoms. The average Bonchev–Trinajstić information content (AvgIpc) is 2.81. The van der Waals surface area contributed by atoms with Crippen LogP contribution in [-0.2, 0) is 14.3 Å². The van der Waals surface area contributed by atoms with Crippen molar-refractivity contribution in [2.24, 2.45) is 0 Å². The van der Waals surface area contributed by atoms with Gasteiger partial charge in [-0.2, -0.15) is 0 Å². The van der Waals surface area contributed by atoms with Gasteiger partial charge in [-0.3, -0.25) is 4.79 Å². The zero-order chi connectivity index (χ0) is 19.1. The molecule has 0 spiro atoms. The Bertz CT molecular complexity index is 821. The Morgan fingerprint density at radius 1 is 1.35 bits per heavy atom. The molecule has 0 saturated carbocycles. The van der Waals surface area contributed by atoms with Gasteiger partial charge in [-0.05, 0) is 44.0 Å². The molecule has 2 aliphatic heterocycles. The quantitative estimate of drug-likeness (QED) is 0.648. The lowest BCUT2D eigenvalue weighted by molar-refractivity contribution is -0.144. The van der Waals surface area contributed by atoms with Crippen LogP contribution in [0.15, 0.2) is 41.6 Å². The van der Waals surface area contributed by atoms with Crippen molar-refractivity contribution < 1.29 is 23.8 Å². The first-order valence-corrected chi connectivity index (χ1v) is 8.46. The Kier molecular flexibility index (Phi) is 4.52. The van der Waals surface area contributed by atoms with Crippen LogP contribution >= 0.6 is 0 Å². The Morgan fingerprint density at radius 2 is 2.08 bits per heavy atom.